The van der Waals surface area contributed by atoms with Crippen LogP contribution in [0.4, 0.5) is 0 Å². The molecule has 2 atom stereocenters. The predicted molar refractivity (Wildman–Crippen MR) is 100 cm³/mol. The molecule has 1 fully saturated rings. The molecular weight excluding hydrogens is 318 g/mol. The summed E-state index contributed by atoms with van der Waals surface area (Å²) in [5.74, 6) is 1.16. The number of nitrogens with zero attached hydrogens (tertiary/aromatic N) is 2. The quantitative estimate of drug-likeness (QED) is 0.925. The largest absolute Gasteiger partial charge is 0.353 e. The van der Waals surface area contributed by atoms with Gasteiger partial charge in [-0.15, -0.1) is 0 Å². The maximum Gasteiger partial charge on any atom is 0.269 e. The summed E-state index contributed by atoms with van der Waals surface area (Å²) in [6.07, 6.45) is 0. The van der Waals surface area contributed by atoms with Crippen LogP contribution < -0.4 is 0 Å². The van der Waals surface area contributed by atoms with Crippen LogP contribution in [-0.4, -0.2) is 52.3 Å². The van der Waals surface area contributed by atoms with Crippen molar-refractivity contribution < 1.29 is 4.79 Å². The van der Waals surface area contributed by atoms with Crippen LogP contribution in [0.5, 0.6) is 0 Å². The SMILES string of the molecule is CC1SCCN(Cc2ccc(C(=O)N(C)C)[nH]2)C1c1ccccc1. The summed E-state index contributed by atoms with van der Waals surface area (Å²) in [6, 6.07) is 15.1. The van der Waals surface area contributed by atoms with Crippen molar-refractivity contribution >= 4 is 17.7 Å². The smallest absolute Gasteiger partial charge is 0.269 e. The fourth-order valence-corrected chi connectivity index (χ4v) is 4.53. The number of nitrogens with one attached hydrogen (secondary N) is 1. The summed E-state index contributed by atoms with van der Waals surface area (Å²) in [5.41, 5.74) is 3.12. The zero-order valence-corrected chi connectivity index (χ0v) is 15.3. The molecule has 2 aromatic rings. The van der Waals surface area contributed by atoms with Crippen molar-refractivity contribution in [1.82, 2.24) is 14.8 Å². The Bertz CT molecular complexity index is 683. The van der Waals surface area contributed by atoms with E-state index in [0.29, 0.717) is 17.0 Å². The van der Waals surface area contributed by atoms with Gasteiger partial charge in [-0.25, -0.2) is 0 Å². The van der Waals surface area contributed by atoms with Gasteiger partial charge in [0.15, 0.2) is 0 Å². The molecule has 3 rings (SSSR count). The van der Waals surface area contributed by atoms with Gasteiger partial charge in [0.1, 0.15) is 5.69 Å². The summed E-state index contributed by atoms with van der Waals surface area (Å²) < 4.78 is 0. The average molecular weight is 343 g/mol. The first-order valence-electron chi connectivity index (χ1n) is 8.36. The van der Waals surface area contributed by atoms with E-state index in [1.54, 1.807) is 19.0 Å². The van der Waals surface area contributed by atoms with Crippen molar-refractivity contribution in [3.63, 3.8) is 0 Å². The minimum Gasteiger partial charge on any atom is -0.353 e. The van der Waals surface area contributed by atoms with Crippen LogP contribution in [0.25, 0.3) is 0 Å². The van der Waals surface area contributed by atoms with E-state index >= 15 is 0 Å². The summed E-state index contributed by atoms with van der Waals surface area (Å²) in [6.45, 7) is 4.21. The Kier molecular flexibility index (Phi) is 5.31. The molecular formula is C19H25N3OS. The molecule has 0 aliphatic carbocycles. The lowest BCUT2D eigenvalue weighted by Crippen LogP contribution is -2.39. The van der Waals surface area contributed by atoms with Gasteiger partial charge in [-0.2, -0.15) is 11.8 Å². The van der Waals surface area contributed by atoms with Crippen molar-refractivity contribution in [3.8, 4) is 0 Å². The Morgan fingerprint density at radius 1 is 1.25 bits per heavy atom. The average Bonchev–Trinajstić information content (AvgIpc) is 3.03. The summed E-state index contributed by atoms with van der Waals surface area (Å²) in [4.78, 5) is 19.5. The number of H-pyrrole nitrogens is 1. The fraction of sp³-hybridized carbons (Fsp3) is 0.421. The second-order valence-electron chi connectivity index (χ2n) is 6.50. The van der Waals surface area contributed by atoms with E-state index in [0.717, 1.165) is 24.5 Å². The van der Waals surface area contributed by atoms with Crippen molar-refractivity contribution in [2.24, 2.45) is 0 Å². The third-order valence-corrected chi connectivity index (χ3v) is 5.70. The van der Waals surface area contributed by atoms with Gasteiger partial charge in [0.05, 0.1) is 0 Å². The molecule has 2 heterocycles. The maximum absolute atomic E-state index is 12.1. The van der Waals surface area contributed by atoms with Crippen LogP contribution in [0.2, 0.25) is 0 Å². The third-order valence-electron chi connectivity index (χ3n) is 4.49. The number of hydrogen-bond acceptors (Lipinski definition) is 3. The van der Waals surface area contributed by atoms with Crippen molar-refractivity contribution in [3.05, 3.63) is 59.4 Å². The first kappa shape index (κ1) is 17.1. The molecule has 1 amide bonds. The first-order chi connectivity index (χ1) is 11.6. The number of aromatic nitrogens is 1. The van der Waals surface area contributed by atoms with Gasteiger partial charge in [0.25, 0.3) is 5.91 Å². The molecule has 0 radical (unpaired) electrons. The molecule has 0 saturated carbocycles. The molecule has 128 valence electrons. The number of amides is 1. The number of thioether (sulfide) groups is 1. The third kappa shape index (κ3) is 3.68. The van der Waals surface area contributed by atoms with Crippen LogP contribution in [0.3, 0.4) is 0 Å². The van der Waals surface area contributed by atoms with Gasteiger partial charge < -0.3 is 9.88 Å². The predicted octanol–water partition coefficient (Wildman–Crippen LogP) is 3.40. The van der Waals surface area contributed by atoms with Crippen molar-refractivity contribution in [2.75, 3.05) is 26.4 Å². The van der Waals surface area contributed by atoms with Gasteiger partial charge in [-0.05, 0) is 17.7 Å². The number of benzene rings is 1. The van der Waals surface area contributed by atoms with Crippen molar-refractivity contribution in [2.45, 2.75) is 24.8 Å². The zero-order valence-electron chi connectivity index (χ0n) is 14.5. The second kappa shape index (κ2) is 7.45. The van der Waals surface area contributed by atoms with E-state index in [9.17, 15) is 4.79 Å². The molecule has 1 aromatic carbocycles. The molecule has 1 saturated heterocycles. The highest BCUT2D eigenvalue weighted by molar-refractivity contribution is 8.00. The monoisotopic (exact) mass is 343 g/mol. The molecule has 1 aliphatic heterocycles. The van der Waals surface area contributed by atoms with E-state index in [-0.39, 0.29) is 5.91 Å². The molecule has 5 heteroatoms. The van der Waals surface area contributed by atoms with E-state index in [4.69, 9.17) is 0 Å². The minimum atomic E-state index is 0.0171. The van der Waals surface area contributed by atoms with Gasteiger partial charge >= 0.3 is 0 Å². The number of carbonyl (C=O) groups excluding carboxylic acids is 1. The standard InChI is InChI=1S/C19H25N3OS/c1-14-18(15-7-5-4-6-8-15)22(11-12-24-14)13-16-9-10-17(20-16)19(23)21(2)3/h4-10,14,18,20H,11-13H2,1-3H3. The minimum absolute atomic E-state index is 0.0171. The highest BCUT2D eigenvalue weighted by Gasteiger charge is 2.30. The molecule has 24 heavy (non-hydrogen) atoms. The highest BCUT2D eigenvalue weighted by atomic mass is 32.2. The van der Waals surface area contributed by atoms with E-state index < -0.39 is 0 Å². The van der Waals surface area contributed by atoms with Gasteiger partial charge in [0, 0.05) is 49.9 Å². The fourth-order valence-electron chi connectivity index (χ4n) is 3.31. The molecule has 0 bridgehead atoms. The van der Waals surface area contributed by atoms with Crippen molar-refractivity contribution in [1.29, 1.82) is 0 Å². The molecule has 4 nitrogen and oxygen atoms in total. The number of rotatable bonds is 4. The van der Waals surface area contributed by atoms with E-state index in [2.05, 4.69) is 47.1 Å². The normalized spacial score (nSPS) is 21.6. The molecule has 1 aliphatic rings. The van der Waals surface area contributed by atoms with Crippen LogP contribution >= 0.6 is 11.8 Å². The van der Waals surface area contributed by atoms with E-state index in [1.165, 1.54) is 5.56 Å². The van der Waals surface area contributed by atoms with Gasteiger partial charge in [0.2, 0.25) is 0 Å². The van der Waals surface area contributed by atoms with E-state index in [1.807, 2.05) is 23.9 Å². The highest BCUT2D eigenvalue weighted by Crippen LogP contribution is 2.36. The maximum atomic E-state index is 12.1. The lowest BCUT2D eigenvalue weighted by Gasteiger charge is -2.39. The Morgan fingerprint density at radius 3 is 2.71 bits per heavy atom. The van der Waals surface area contributed by atoms with Crippen LogP contribution in [-0.2, 0) is 6.54 Å². The Hall–Kier alpha value is -1.72. The van der Waals surface area contributed by atoms with Gasteiger partial charge in [-0.3, -0.25) is 9.69 Å². The Balaban J connectivity index is 1.78. The number of aromatic amines is 1. The molecule has 2 unspecified atom stereocenters. The lowest BCUT2D eigenvalue weighted by atomic mass is 10.0. The summed E-state index contributed by atoms with van der Waals surface area (Å²) in [5, 5.41) is 0.555. The lowest BCUT2D eigenvalue weighted by molar-refractivity contribution is 0.0822. The number of hydrogen-bond donors (Lipinski definition) is 1. The van der Waals surface area contributed by atoms with Crippen LogP contribution in [0.15, 0.2) is 42.5 Å². The molecule has 1 N–H and O–H groups in total. The number of carbonyl (C=O) groups is 1. The summed E-state index contributed by atoms with van der Waals surface area (Å²) >= 11 is 2.04. The topological polar surface area (TPSA) is 39.3 Å². The van der Waals surface area contributed by atoms with Gasteiger partial charge in [-0.1, -0.05) is 37.3 Å². The zero-order chi connectivity index (χ0) is 17.1. The van der Waals surface area contributed by atoms with Crippen LogP contribution in [0, 0.1) is 0 Å². The second-order valence-corrected chi connectivity index (χ2v) is 7.98. The first-order valence-corrected chi connectivity index (χ1v) is 9.41. The molecule has 0 spiro atoms. The molecule has 1 aromatic heterocycles. The summed E-state index contributed by atoms with van der Waals surface area (Å²) in [7, 11) is 3.55. The van der Waals surface area contributed by atoms with Crippen LogP contribution in [0.1, 0.15) is 34.7 Å². The Labute approximate surface area is 148 Å². The Morgan fingerprint density at radius 2 is 2.00 bits per heavy atom.